The minimum Gasteiger partial charge on any atom is -0.399 e. The predicted octanol–water partition coefficient (Wildman–Crippen LogP) is 2.56. The van der Waals surface area contributed by atoms with Crippen LogP contribution in [0.25, 0.3) is 11.1 Å². The molecule has 1 fully saturated rings. The molecule has 0 radical (unpaired) electrons. The number of rotatable bonds is 3. The summed E-state index contributed by atoms with van der Waals surface area (Å²) in [6.07, 6.45) is 6.31. The summed E-state index contributed by atoms with van der Waals surface area (Å²) in [4.78, 5) is 0. The van der Waals surface area contributed by atoms with Gasteiger partial charge in [-0.05, 0) is 36.5 Å². The lowest BCUT2D eigenvalue weighted by Crippen LogP contribution is -2.20. The second kappa shape index (κ2) is 5.45. The number of anilines is 1. The minimum atomic E-state index is 0.688. The maximum atomic E-state index is 5.70. The fraction of sp³-hybridized carbons (Fsp3) is 0.400. The van der Waals surface area contributed by atoms with Crippen LogP contribution >= 0.6 is 0 Å². The van der Waals surface area contributed by atoms with E-state index in [2.05, 4.69) is 11.3 Å². The van der Waals surface area contributed by atoms with Crippen molar-refractivity contribution in [1.29, 1.82) is 0 Å². The second-order valence-corrected chi connectivity index (χ2v) is 5.13. The molecule has 3 rings (SSSR count). The average molecular weight is 257 g/mol. The number of hydrogen-bond acceptors (Lipinski definition) is 3. The Bertz CT molecular complexity index is 527. The highest BCUT2D eigenvalue weighted by atomic mass is 16.5. The Balaban J connectivity index is 1.70. The summed E-state index contributed by atoms with van der Waals surface area (Å²) in [7, 11) is 0. The van der Waals surface area contributed by atoms with Crippen LogP contribution < -0.4 is 5.73 Å². The number of hydrogen-bond donors (Lipinski definition) is 1. The van der Waals surface area contributed by atoms with E-state index in [9.17, 15) is 0 Å². The van der Waals surface area contributed by atoms with Crippen molar-refractivity contribution in [2.24, 2.45) is 5.92 Å². The zero-order chi connectivity index (χ0) is 13.1. The summed E-state index contributed by atoms with van der Waals surface area (Å²) in [5.41, 5.74) is 8.80. The summed E-state index contributed by atoms with van der Waals surface area (Å²) in [5.74, 6) is 0.688. The van der Waals surface area contributed by atoms with Gasteiger partial charge in [-0.15, -0.1) is 0 Å². The third-order valence-corrected chi connectivity index (χ3v) is 3.66. The van der Waals surface area contributed by atoms with Crippen molar-refractivity contribution in [1.82, 2.24) is 9.78 Å². The Morgan fingerprint density at radius 2 is 1.89 bits per heavy atom. The summed E-state index contributed by atoms with van der Waals surface area (Å²) in [6, 6.07) is 7.91. The normalized spacial score (nSPS) is 16.6. The van der Waals surface area contributed by atoms with E-state index in [1.807, 2.05) is 35.1 Å². The summed E-state index contributed by atoms with van der Waals surface area (Å²) >= 11 is 0. The highest BCUT2D eigenvalue weighted by molar-refractivity contribution is 5.63. The Labute approximate surface area is 113 Å². The van der Waals surface area contributed by atoms with Gasteiger partial charge in [0.2, 0.25) is 0 Å². The minimum absolute atomic E-state index is 0.688. The molecule has 100 valence electrons. The summed E-state index contributed by atoms with van der Waals surface area (Å²) in [6.45, 7) is 2.76. The highest BCUT2D eigenvalue weighted by Gasteiger charge is 2.14. The molecule has 19 heavy (non-hydrogen) atoms. The number of aromatic nitrogens is 2. The molecule has 0 saturated carbocycles. The molecule has 0 spiro atoms. The number of nitrogens with zero attached hydrogens (tertiary/aromatic N) is 2. The standard InChI is InChI=1S/C15H19N3O/c16-15-3-1-13(2-4-15)14-9-17-18(11-14)10-12-5-7-19-8-6-12/h1-4,9,11-12H,5-8,10,16H2. The third-order valence-electron chi connectivity index (χ3n) is 3.66. The molecule has 2 heterocycles. The quantitative estimate of drug-likeness (QED) is 0.860. The van der Waals surface area contributed by atoms with Gasteiger partial charge in [0.25, 0.3) is 0 Å². The Kier molecular flexibility index (Phi) is 3.51. The monoisotopic (exact) mass is 257 g/mol. The van der Waals surface area contributed by atoms with Crippen LogP contribution in [0, 0.1) is 5.92 Å². The lowest BCUT2D eigenvalue weighted by molar-refractivity contribution is 0.0601. The molecule has 1 saturated heterocycles. The van der Waals surface area contributed by atoms with Crippen LogP contribution in [0.4, 0.5) is 5.69 Å². The molecule has 2 aromatic rings. The molecule has 1 aliphatic heterocycles. The molecule has 0 atom stereocenters. The number of benzene rings is 1. The van der Waals surface area contributed by atoms with E-state index < -0.39 is 0 Å². The molecule has 0 unspecified atom stereocenters. The van der Waals surface area contributed by atoms with Crippen molar-refractivity contribution in [3.63, 3.8) is 0 Å². The lowest BCUT2D eigenvalue weighted by atomic mass is 10.0. The fourth-order valence-electron chi connectivity index (χ4n) is 2.48. The first-order valence-electron chi connectivity index (χ1n) is 6.77. The topological polar surface area (TPSA) is 53.1 Å². The zero-order valence-electron chi connectivity index (χ0n) is 11.0. The smallest absolute Gasteiger partial charge is 0.0568 e. The summed E-state index contributed by atoms with van der Waals surface area (Å²) < 4.78 is 7.42. The van der Waals surface area contributed by atoms with Crippen LogP contribution in [-0.2, 0) is 11.3 Å². The van der Waals surface area contributed by atoms with Gasteiger partial charge in [-0.3, -0.25) is 4.68 Å². The van der Waals surface area contributed by atoms with E-state index in [-0.39, 0.29) is 0 Å². The Hall–Kier alpha value is -1.81. The van der Waals surface area contributed by atoms with Gasteiger partial charge in [-0.1, -0.05) is 12.1 Å². The van der Waals surface area contributed by atoms with Crippen LogP contribution in [0.3, 0.4) is 0 Å². The van der Waals surface area contributed by atoms with Gasteiger partial charge in [-0.2, -0.15) is 5.10 Å². The van der Waals surface area contributed by atoms with Gasteiger partial charge in [0, 0.05) is 37.2 Å². The molecule has 4 nitrogen and oxygen atoms in total. The van der Waals surface area contributed by atoms with E-state index in [4.69, 9.17) is 10.5 Å². The van der Waals surface area contributed by atoms with Gasteiger partial charge in [0.1, 0.15) is 0 Å². The van der Waals surface area contributed by atoms with E-state index in [1.54, 1.807) is 0 Å². The molecule has 0 amide bonds. The highest BCUT2D eigenvalue weighted by Crippen LogP contribution is 2.21. The van der Waals surface area contributed by atoms with E-state index in [1.165, 1.54) is 0 Å². The Morgan fingerprint density at radius 1 is 1.16 bits per heavy atom. The van der Waals surface area contributed by atoms with Gasteiger partial charge >= 0.3 is 0 Å². The summed E-state index contributed by atoms with van der Waals surface area (Å²) in [5, 5.41) is 4.45. The number of nitrogens with two attached hydrogens (primary N) is 1. The SMILES string of the molecule is Nc1ccc(-c2cnn(CC3CCOCC3)c2)cc1. The molecule has 0 bridgehead atoms. The second-order valence-electron chi connectivity index (χ2n) is 5.13. The van der Waals surface area contributed by atoms with Crippen LogP contribution in [0.5, 0.6) is 0 Å². The van der Waals surface area contributed by atoms with Crippen molar-refractivity contribution in [2.75, 3.05) is 18.9 Å². The molecule has 2 N–H and O–H groups in total. The molecule has 1 aromatic carbocycles. The van der Waals surface area contributed by atoms with Crippen LogP contribution in [-0.4, -0.2) is 23.0 Å². The predicted molar refractivity (Wildman–Crippen MR) is 75.6 cm³/mol. The van der Waals surface area contributed by atoms with Crippen molar-refractivity contribution < 1.29 is 4.74 Å². The first-order valence-corrected chi connectivity index (χ1v) is 6.77. The van der Waals surface area contributed by atoms with Gasteiger partial charge in [0.05, 0.1) is 6.20 Å². The first kappa shape index (κ1) is 12.2. The number of ether oxygens (including phenoxy) is 1. The van der Waals surface area contributed by atoms with Gasteiger partial charge < -0.3 is 10.5 Å². The molecule has 0 aliphatic carbocycles. The maximum Gasteiger partial charge on any atom is 0.0568 e. The molecular weight excluding hydrogens is 238 g/mol. The zero-order valence-corrected chi connectivity index (χ0v) is 11.0. The average Bonchev–Trinajstić information content (AvgIpc) is 2.89. The Morgan fingerprint density at radius 3 is 2.63 bits per heavy atom. The van der Waals surface area contributed by atoms with E-state index in [0.717, 1.165) is 49.4 Å². The molecule has 1 aliphatic rings. The van der Waals surface area contributed by atoms with Crippen molar-refractivity contribution >= 4 is 5.69 Å². The van der Waals surface area contributed by atoms with E-state index in [0.29, 0.717) is 5.92 Å². The largest absolute Gasteiger partial charge is 0.399 e. The van der Waals surface area contributed by atoms with Crippen LogP contribution in [0.2, 0.25) is 0 Å². The third kappa shape index (κ3) is 2.96. The van der Waals surface area contributed by atoms with E-state index >= 15 is 0 Å². The fourth-order valence-corrected chi connectivity index (χ4v) is 2.48. The molecule has 1 aromatic heterocycles. The van der Waals surface area contributed by atoms with Crippen molar-refractivity contribution in [2.45, 2.75) is 19.4 Å². The lowest BCUT2D eigenvalue weighted by Gasteiger charge is -2.21. The number of nitrogen functional groups attached to an aromatic ring is 1. The van der Waals surface area contributed by atoms with Gasteiger partial charge in [0.15, 0.2) is 0 Å². The van der Waals surface area contributed by atoms with Gasteiger partial charge in [-0.25, -0.2) is 0 Å². The molecule has 4 heteroatoms. The van der Waals surface area contributed by atoms with Crippen molar-refractivity contribution in [3.8, 4) is 11.1 Å². The molecular formula is C15H19N3O. The van der Waals surface area contributed by atoms with Crippen LogP contribution in [0.15, 0.2) is 36.7 Å². The van der Waals surface area contributed by atoms with Crippen LogP contribution in [0.1, 0.15) is 12.8 Å². The maximum absolute atomic E-state index is 5.70. The van der Waals surface area contributed by atoms with Crippen molar-refractivity contribution in [3.05, 3.63) is 36.7 Å². The first-order chi connectivity index (χ1) is 9.31.